The predicted molar refractivity (Wildman–Crippen MR) is 113 cm³/mol. The second kappa shape index (κ2) is 11.3. The Kier molecular flexibility index (Phi) is 8.80. The van der Waals surface area contributed by atoms with Crippen LogP contribution in [0.3, 0.4) is 0 Å². The molecule has 1 atom stereocenters. The molecule has 0 aliphatic carbocycles. The number of nitrogens with zero attached hydrogens (tertiary/aromatic N) is 1. The molecule has 7 heteroatoms. The topological polar surface area (TPSA) is 67.9 Å². The number of hydrogen-bond acceptors (Lipinski definition) is 4. The minimum atomic E-state index is -0.598. The number of ether oxygens (including phenoxy) is 2. The molecular weight excluding hydrogens is 392 g/mol. The Morgan fingerprint density at radius 1 is 1.07 bits per heavy atom. The first-order valence-electron chi connectivity index (χ1n) is 9.57. The molecule has 0 radical (unpaired) electrons. The van der Waals surface area contributed by atoms with Gasteiger partial charge in [0.2, 0.25) is 5.91 Å². The van der Waals surface area contributed by atoms with E-state index in [1.807, 2.05) is 32.0 Å². The zero-order valence-corrected chi connectivity index (χ0v) is 17.7. The molecule has 29 heavy (non-hydrogen) atoms. The van der Waals surface area contributed by atoms with Crippen molar-refractivity contribution in [2.45, 2.75) is 32.9 Å². The van der Waals surface area contributed by atoms with Gasteiger partial charge >= 0.3 is 0 Å². The van der Waals surface area contributed by atoms with Crippen LogP contribution in [0.15, 0.2) is 48.5 Å². The van der Waals surface area contributed by atoms with Gasteiger partial charge in [0.15, 0.2) is 18.1 Å². The van der Waals surface area contributed by atoms with Crippen LogP contribution in [0, 0.1) is 0 Å². The lowest BCUT2D eigenvalue weighted by Gasteiger charge is -2.30. The average Bonchev–Trinajstić information content (AvgIpc) is 2.73. The fraction of sp³-hybridized carbons (Fsp3) is 0.364. The molecule has 0 heterocycles. The monoisotopic (exact) mass is 418 g/mol. The van der Waals surface area contributed by atoms with E-state index in [1.54, 1.807) is 42.3 Å². The van der Waals surface area contributed by atoms with Gasteiger partial charge < -0.3 is 19.7 Å². The summed E-state index contributed by atoms with van der Waals surface area (Å²) in [4.78, 5) is 27.1. The Bertz CT molecular complexity index is 811. The third kappa shape index (κ3) is 6.39. The largest absolute Gasteiger partial charge is 0.493 e. The van der Waals surface area contributed by atoms with Crippen molar-refractivity contribution in [3.8, 4) is 11.5 Å². The van der Waals surface area contributed by atoms with E-state index in [9.17, 15) is 9.59 Å². The molecule has 1 N–H and O–H groups in total. The van der Waals surface area contributed by atoms with E-state index >= 15 is 0 Å². The average molecular weight is 419 g/mol. The number of para-hydroxylation sites is 2. The van der Waals surface area contributed by atoms with E-state index < -0.39 is 6.04 Å². The van der Waals surface area contributed by atoms with Crippen LogP contribution in [0.5, 0.6) is 11.5 Å². The van der Waals surface area contributed by atoms with Crippen molar-refractivity contribution in [1.82, 2.24) is 10.2 Å². The number of benzene rings is 2. The van der Waals surface area contributed by atoms with Crippen molar-refractivity contribution < 1.29 is 19.1 Å². The Labute approximate surface area is 176 Å². The summed E-state index contributed by atoms with van der Waals surface area (Å²) in [6, 6.07) is 13.7. The van der Waals surface area contributed by atoms with E-state index in [2.05, 4.69) is 5.32 Å². The van der Waals surface area contributed by atoms with Gasteiger partial charge in [-0.25, -0.2) is 0 Å². The molecule has 1 unspecified atom stereocenters. The van der Waals surface area contributed by atoms with Gasteiger partial charge in [0.1, 0.15) is 6.04 Å². The number of carbonyl (C=O) groups excluding carboxylic acids is 2. The van der Waals surface area contributed by atoms with Crippen LogP contribution in [0.25, 0.3) is 0 Å². The van der Waals surface area contributed by atoms with E-state index in [4.69, 9.17) is 21.1 Å². The van der Waals surface area contributed by atoms with Crippen LogP contribution >= 0.6 is 11.6 Å². The maximum atomic E-state index is 13.1. The molecule has 2 amide bonds. The SMILES string of the molecule is CCNC(=O)C(CC)N(Cc1ccc(Cl)cc1)C(=O)COc1ccccc1OC. The Morgan fingerprint density at radius 2 is 1.72 bits per heavy atom. The number of halogens is 1. The predicted octanol–water partition coefficient (Wildman–Crippen LogP) is 3.67. The van der Waals surface area contributed by atoms with Gasteiger partial charge in [-0.05, 0) is 43.2 Å². The van der Waals surface area contributed by atoms with Gasteiger partial charge in [0, 0.05) is 18.1 Å². The summed E-state index contributed by atoms with van der Waals surface area (Å²) in [5.74, 6) is 0.541. The highest BCUT2D eigenvalue weighted by molar-refractivity contribution is 6.30. The summed E-state index contributed by atoms with van der Waals surface area (Å²) >= 11 is 5.96. The fourth-order valence-electron chi connectivity index (χ4n) is 2.96. The minimum Gasteiger partial charge on any atom is -0.493 e. The van der Waals surface area contributed by atoms with Crippen LogP contribution in [-0.4, -0.2) is 43.0 Å². The first-order chi connectivity index (χ1) is 14.0. The van der Waals surface area contributed by atoms with Crippen molar-refractivity contribution in [2.75, 3.05) is 20.3 Å². The highest BCUT2D eigenvalue weighted by Crippen LogP contribution is 2.26. The summed E-state index contributed by atoms with van der Waals surface area (Å²) < 4.78 is 11.0. The maximum Gasteiger partial charge on any atom is 0.261 e. The normalized spacial score (nSPS) is 11.4. The lowest BCUT2D eigenvalue weighted by atomic mass is 10.1. The number of methoxy groups -OCH3 is 1. The number of rotatable bonds is 10. The fourth-order valence-corrected chi connectivity index (χ4v) is 3.08. The summed E-state index contributed by atoms with van der Waals surface area (Å²) in [5.41, 5.74) is 0.878. The molecule has 0 saturated heterocycles. The standard InChI is InChI=1S/C22H27ClN2O4/c1-4-18(22(27)24-5-2)25(14-16-10-12-17(23)13-11-16)21(26)15-29-20-9-7-6-8-19(20)28-3/h6-13,18H,4-5,14-15H2,1-3H3,(H,24,27). The highest BCUT2D eigenvalue weighted by Gasteiger charge is 2.28. The second-order valence-corrected chi connectivity index (χ2v) is 6.84. The Morgan fingerprint density at radius 3 is 2.31 bits per heavy atom. The van der Waals surface area contributed by atoms with Crippen molar-refractivity contribution in [3.05, 3.63) is 59.1 Å². The molecule has 0 bridgehead atoms. The van der Waals surface area contributed by atoms with Gasteiger partial charge in [0.25, 0.3) is 5.91 Å². The molecule has 0 aliphatic heterocycles. The summed E-state index contributed by atoms with van der Waals surface area (Å²) in [6.45, 7) is 4.30. The van der Waals surface area contributed by atoms with Gasteiger partial charge in [-0.1, -0.05) is 42.8 Å². The minimum absolute atomic E-state index is 0.186. The number of hydrogen-bond donors (Lipinski definition) is 1. The first kappa shape index (κ1) is 22.6. The van der Waals surface area contributed by atoms with E-state index in [0.29, 0.717) is 29.5 Å². The lowest BCUT2D eigenvalue weighted by Crippen LogP contribution is -2.50. The molecule has 0 saturated carbocycles. The van der Waals surface area contributed by atoms with Gasteiger partial charge in [-0.15, -0.1) is 0 Å². The van der Waals surface area contributed by atoms with Crippen molar-refractivity contribution in [2.24, 2.45) is 0 Å². The number of likely N-dealkylation sites (N-methyl/N-ethyl adjacent to an activating group) is 1. The van der Waals surface area contributed by atoms with Gasteiger partial charge in [-0.3, -0.25) is 9.59 Å². The number of amides is 2. The van der Waals surface area contributed by atoms with Gasteiger partial charge in [0.05, 0.1) is 7.11 Å². The number of carbonyl (C=O) groups is 2. The number of nitrogens with one attached hydrogen (secondary N) is 1. The van der Waals surface area contributed by atoms with Crippen molar-refractivity contribution >= 4 is 23.4 Å². The van der Waals surface area contributed by atoms with Crippen LogP contribution in [-0.2, 0) is 16.1 Å². The molecule has 0 aromatic heterocycles. The van der Waals surface area contributed by atoms with Crippen molar-refractivity contribution in [3.63, 3.8) is 0 Å². The summed E-state index contributed by atoms with van der Waals surface area (Å²) in [6.07, 6.45) is 0.486. The lowest BCUT2D eigenvalue weighted by molar-refractivity contribution is -0.142. The van der Waals surface area contributed by atoms with Crippen molar-refractivity contribution in [1.29, 1.82) is 0 Å². The van der Waals surface area contributed by atoms with E-state index in [-0.39, 0.29) is 25.0 Å². The van der Waals surface area contributed by atoms with Crippen LogP contribution in [0.2, 0.25) is 5.02 Å². The quantitative estimate of drug-likeness (QED) is 0.639. The van der Waals surface area contributed by atoms with Gasteiger partial charge in [-0.2, -0.15) is 0 Å². The molecule has 0 aliphatic rings. The van der Waals surface area contributed by atoms with Crippen LogP contribution < -0.4 is 14.8 Å². The smallest absolute Gasteiger partial charge is 0.261 e. The third-order valence-corrected chi connectivity index (χ3v) is 4.68. The molecule has 6 nitrogen and oxygen atoms in total. The Balaban J connectivity index is 2.20. The van der Waals surface area contributed by atoms with Crippen LogP contribution in [0.4, 0.5) is 0 Å². The molecule has 0 fully saturated rings. The maximum absolute atomic E-state index is 13.1. The molecule has 2 aromatic carbocycles. The molecule has 156 valence electrons. The highest BCUT2D eigenvalue weighted by atomic mass is 35.5. The molecule has 2 aromatic rings. The summed E-state index contributed by atoms with van der Waals surface area (Å²) in [5, 5.41) is 3.42. The third-order valence-electron chi connectivity index (χ3n) is 4.42. The van der Waals surface area contributed by atoms with E-state index in [0.717, 1.165) is 5.56 Å². The second-order valence-electron chi connectivity index (χ2n) is 6.41. The van der Waals surface area contributed by atoms with E-state index in [1.165, 1.54) is 0 Å². The molecular formula is C22H27ClN2O4. The summed E-state index contributed by atoms with van der Waals surface area (Å²) in [7, 11) is 1.54. The zero-order valence-electron chi connectivity index (χ0n) is 17.0. The molecule has 2 rings (SSSR count). The zero-order chi connectivity index (χ0) is 21.2. The Hall–Kier alpha value is -2.73. The molecule has 0 spiro atoms. The first-order valence-corrected chi connectivity index (χ1v) is 9.95. The van der Waals surface area contributed by atoms with Crippen LogP contribution in [0.1, 0.15) is 25.8 Å².